The highest BCUT2D eigenvalue weighted by atomic mass is 19.4. The molecular weight excluding hydrogens is 291 g/mol. The molecule has 3 nitrogen and oxygen atoms in total. The van der Waals surface area contributed by atoms with Crippen LogP contribution < -0.4 is 5.32 Å². The lowest BCUT2D eigenvalue weighted by Crippen LogP contribution is -2.35. The molecule has 0 radical (unpaired) electrons. The normalized spacial score (nSPS) is 22.7. The van der Waals surface area contributed by atoms with Crippen molar-refractivity contribution in [3.05, 3.63) is 41.9 Å². The molecule has 1 aliphatic rings. The monoisotopic (exact) mass is 309 g/mol. The third-order valence-electron chi connectivity index (χ3n) is 4.13. The summed E-state index contributed by atoms with van der Waals surface area (Å²) in [6, 6.07) is 5.61. The zero-order valence-electron chi connectivity index (χ0n) is 12.2. The van der Waals surface area contributed by atoms with Gasteiger partial charge in [-0.25, -0.2) is 4.98 Å². The zero-order valence-corrected chi connectivity index (χ0v) is 12.2. The van der Waals surface area contributed by atoms with Gasteiger partial charge in [-0.3, -0.25) is 0 Å². The first-order valence-corrected chi connectivity index (χ1v) is 7.39. The fraction of sp³-hybridized carbons (Fsp3) is 0.438. The van der Waals surface area contributed by atoms with Gasteiger partial charge in [-0.2, -0.15) is 13.2 Å². The standard InChI is InChI=1S/C16H18F3N3/c1-10-8-12(6-7-20-10)15-21-9-14(22-15)11-2-4-13(5-3-11)16(17,18)19/h2-5,9-10,12,20H,6-8H2,1H3,(H,21,22)/t10-,12-/m0/s1. The predicted molar refractivity (Wildman–Crippen MR) is 78.5 cm³/mol. The number of imidazole rings is 1. The van der Waals surface area contributed by atoms with Gasteiger partial charge in [0.25, 0.3) is 0 Å². The van der Waals surface area contributed by atoms with Crippen LogP contribution in [0.2, 0.25) is 0 Å². The number of aromatic nitrogens is 2. The van der Waals surface area contributed by atoms with Gasteiger partial charge >= 0.3 is 6.18 Å². The number of alkyl halides is 3. The van der Waals surface area contributed by atoms with Crippen molar-refractivity contribution >= 4 is 0 Å². The topological polar surface area (TPSA) is 40.7 Å². The van der Waals surface area contributed by atoms with Crippen molar-refractivity contribution < 1.29 is 13.2 Å². The molecule has 1 saturated heterocycles. The number of rotatable bonds is 2. The summed E-state index contributed by atoms with van der Waals surface area (Å²) in [6.45, 7) is 3.11. The Balaban J connectivity index is 1.78. The van der Waals surface area contributed by atoms with Crippen molar-refractivity contribution in [3.8, 4) is 11.3 Å². The van der Waals surface area contributed by atoms with E-state index in [0.29, 0.717) is 17.5 Å². The summed E-state index contributed by atoms with van der Waals surface area (Å²) in [5, 5.41) is 3.39. The lowest BCUT2D eigenvalue weighted by Gasteiger charge is -2.26. The van der Waals surface area contributed by atoms with Gasteiger partial charge in [-0.15, -0.1) is 0 Å². The van der Waals surface area contributed by atoms with Gasteiger partial charge in [0, 0.05) is 12.0 Å². The van der Waals surface area contributed by atoms with Crippen LogP contribution in [0.5, 0.6) is 0 Å². The molecule has 0 aliphatic carbocycles. The molecule has 0 amide bonds. The molecule has 118 valence electrons. The van der Waals surface area contributed by atoms with E-state index in [1.807, 2.05) is 0 Å². The van der Waals surface area contributed by atoms with Crippen LogP contribution in [0.4, 0.5) is 13.2 Å². The van der Waals surface area contributed by atoms with Crippen LogP contribution in [0.15, 0.2) is 30.5 Å². The van der Waals surface area contributed by atoms with Crippen LogP contribution in [-0.2, 0) is 6.18 Å². The fourth-order valence-corrected chi connectivity index (χ4v) is 2.91. The Bertz CT molecular complexity index is 631. The van der Waals surface area contributed by atoms with Crippen molar-refractivity contribution in [2.75, 3.05) is 6.54 Å². The van der Waals surface area contributed by atoms with Crippen molar-refractivity contribution in [2.24, 2.45) is 0 Å². The van der Waals surface area contributed by atoms with Crippen molar-refractivity contribution in [1.82, 2.24) is 15.3 Å². The Morgan fingerprint density at radius 3 is 2.55 bits per heavy atom. The molecule has 1 aromatic carbocycles. The Morgan fingerprint density at radius 2 is 1.91 bits per heavy atom. The Hall–Kier alpha value is -1.82. The van der Waals surface area contributed by atoms with E-state index in [9.17, 15) is 13.2 Å². The number of aromatic amines is 1. The molecule has 0 unspecified atom stereocenters. The summed E-state index contributed by atoms with van der Waals surface area (Å²) in [6.07, 6.45) is -0.572. The maximum atomic E-state index is 12.6. The van der Waals surface area contributed by atoms with E-state index in [0.717, 1.165) is 43.0 Å². The first-order valence-electron chi connectivity index (χ1n) is 7.39. The second kappa shape index (κ2) is 5.76. The van der Waals surface area contributed by atoms with Gasteiger partial charge in [0.1, 0.15) is 5.82 Å². The van der Waals surface area contributed by atoms with Crippen LogP contribution in [0.1, 0.15) is 37.1 Å². The van der Waals surface area contributed by atoms with Crippen molar-refractivity contribution in [2.45, 2.75) is 37.9 Å². The number of hydrogen-bond donors (Lipinski definition) is 2. The molecule has 2 atom stereocenters. The number of H-pyrrole nitrogens is 1. The largest absolute Gasteiger partial charge is 0.416 e. The maximum Gasteiger partial charge on any atom is 0.416 e. The van der Waals surface area contributed by atoms with Gasteiger partial charge in [0.05, 0.1) is 17.5 Å². The van der Waals surface area contributed by atoms with E-state index in [-0.39, 0.29) is 0 Å². The molecule has 1 fully saturated rings. The third-order valence-corrected chi connectivity index (χ3v) is 4.13. The Morgan fingerprint density at radius 1 is 1.18 bits per heavy atom. The maximum absolute atomic E-state index is 12.6. The average molecular weight is 309 g/mol. The van der Waals surface area contributed by atoms with Gasteiger partial charge in [-0.05, 0) is 44.0 Å². The van der Waals surface area contributed by atoms with Gasteiger partial charge in [0.2, 0.25) is 0 Å². The molecule has 1 aliphatic heterocycles. The molecule has 0 spiro atoms. The smallest absolute Gasteiger partial charge is 0.342 e. The Kier molecular flexibility index (Phi) is 3.95. The molecule has 6 heteroatoms. The number of halogens is 3. The van der Waals surface area contributed by atoms with Crippen molar-refractivity contribution in [1.29, 1.82) is 0 Å². The molecule has 0 saturated carbocycles. The van der Waals surface area contributed by atoms with Crippen LogP contribution in [0, 0.1) is 0 Å². The van der Waals surface area contributed by atoms with E-state index >= 15 is 0 Å². The second-order valence-corrected chi connectivity index (χ2v) is 5.83. The minimum absolute atomic E-state index is 0.374. The summed E-state index contributed by atoms with van der Waals surface area (Å²) in [5.74, 6) is 1.29. The quantitative estimate of drug-likeness (QED) is 0.882. The van der Waals surface area contributed by atoms with Crippen molar-refractivity contribution in [3.63, 3.8) is 0 Å². The second-order valence-electron chi connectivity index (χ2n) is 5.83. The molecular formula is C16H18F3N3. The summed E-state index contributed by atoms with van der Waals surface area (Å²) in [4.78, 5) is 7.67. The summed E-state index contributed by atoms with van der Waals surface area (Å²) < 4.78 is 37.7. The fourth-order valence-electron chi connectivity index (χ4n) is 2.91. The summed E-state index contributed by atoms with van der Waals surface area (Å²) in [7, 11) is 0. The minimum atomic E-state index is -4.30. The van der Waals surface area contributed by atoms with E-state index in [1.165, 1.54) is 12.1 Å². The number of hydrogen-bond acceptors (Lipinski definition) is 2. The van der Waals surface area contributed by atoms with Gasteiger partial charge in [-0.1, -0.05) is 12.1 Å². The average Bonchev–Trinajstić information content (AvgIpc) is 2.96. The molecule has 0 bridgehead atoms. The van der Waals surface area contributed by atoms with Gasteiger partial charge < -0.3 is 10.3 Å². The van der Waals surface area contributed by atoms with Crippen LogP contribution >= 0.6 is 0 Å². The minimum Gasteiger partial charge on any atom is -0.342 e. The highest BCUT2D eigenvalue weighted by molar-refractivity contribution is 5.59. The number of piperidine rings is 1. The molecule has 2 aromatic rings. The van der Waals surface area contributed by atoms with Crippen LogP contribution in [0.3, 0.4) is 0 Å². The lowest BCUT2D eigenvalue weighted by atomic mass is 9.93. The lowest BCUT2D eigenvalue weighted by molar-refractivity contribution is -0.137. The third kappa shape index (κ3) is 3.16. The highest BCUT2D eigenvalue weighted by Gasteiger charge is 2.30. The molecule has 2 heterocycles. The zero-order chi connectivity index (χ0) is 15.7. The van der Waals surface area contributed by atoms with Crippen LogP contribution in [-0.4, -0.2) is 22.6 Å². The number of nitrogens with zero attached hydrogens (tertiary/aromatic N) is 1. The number of nitrogens with one attached hydrogen (secondary N) is 2. The highest BCUT2D eigenvalue weighted by Crippen LogP contribution is 2.31. The molecule has 1 aromatic heterocycles. The van der Waals surface area contributed by atoms with Crippen LogP contribution in [0.25, 0.3) is 11.3 Å². The van der Waals surface area contributed by atoms with Gasteiger partial charge in [0.15, 0.2) is 0 Å². The van der Waals surface area contributed by atoms with E-state index in [4.69, 9.17) is 0 Å². The first kappa shape index (κ1) is 15.1. The molecule has 2 N–H and O–H groups in total. The first-order chi connectivity index (χ1) is 10.4. The molecule has 22 heavy (non-hydrogen) atoms. The van der Waals surface area contributed by atoms with E-state index < -0.39 is 11.7 Å². The van der Waals surface area contributed by atoms with E-state index in [2.05, 4.69) is 22.2 Å². The SMILES string of the molecule is C[C@H]1C[C@@H](c2ncc(-c3ccc(C(F)(F)F)cc3)[nH]2)CCN1. The predicted octanol–water partition coefficient (Wildman–Crippen LogP) is 3.95. The van der Waals surface area contributed by atoms with E-state index in [1.54, 1.807) is 6.20 Å². The molecule has 3 rings (SSSR count). The number of benzene rings is 1. The Labute approximate surface area is 127 Å². The summed E-state index contributed by atoms with van der Waals surface area (Å²) in [5.41, 5.74) is 0.840. The summed E-state index contributed by atoms with van der Waals surface area (Å²) >= 11 is 0.